The Kier molecular flexibility index (Phi) is 2.66. The van der Waals surface area contributed by atoms with Crippen LogP contribution in [0.15, 0.2) is 0 Å². The normalized spacial score (nSPS) is 45.1. The molecule has 0 amide bonds. The molecule has 4 fully saturated rings. The largest absolute Gasteiger partial charge is 0.550 e. The van der Waals surface area contributed by atoms with E-state index in [0.29, 0.717) is 18.3 Å². The number of thioether (sulfide) groups is 1. The Balaban J connectivity index is 1.85. The zero-order valence-electron chi connectivity index (χ0n) is 10.1. The predicted octanol–water partition coefficient (Wildman–Crippen LogP) is -0.442. The maximum Gasteiger partial charge on any atom is 0.0513 e. The summed E-state index contributed by atoms with van der Waals surface area (Å²) in [4.78, 5) is 22.1. The van der Waals surface area contributed by atoms with E-state index in [2.05, 4.69) is 0 Å². The van der Waals surface area contributed by atoms with Gasteiger partial charge in [-0.2, -0.15) is 0 Å². The Morgan fingerprint density at radius 1 is 1.11 bits per heavy atom. The third-order valence-electron chi connectivity index (χ3n) is 4.94. The van der Waals surface area contributed by atoms with E-state index in [1.54, 1.807) is 0 Å². The first-order valence-corrected chi connectivity index (χ1v) is 7.47. The first-order chi connectivity index (χ1) is 8.43. The second-order valence-electron chi connectivity index (χ2n) is 6.37. The average molecular weight is 268 g/mol. The lowest BCUT2D eigenvalue weighted by Crippen LogP contribution is -2.60. The molecule has 4 nitrogen and oxygen atoms in total. The molecule has 4 aliphatic rings. The molecule has 4 bridgehead atoms. The minimum atomic E-state index is -1.06. The van der Waals surface area contributed by atoms with Crippen molar-refractivity contribution in [2.75, 3.05) is 5.75 Å². The molecule has 0 aromatic heterocycles. The highest BCUT2D eigenvalue weighted by Crippen LogP contribution is 2.65. The molecule has 0 aliphatic heterocycles. The lowest BCUT2D eigenvalue weighted by molar-refractivity contribution is -0.326. The summed E-state index contributed by atoms with van der Waals surface area (Å²) in [6.07, 6.45) is 5.11. The molecule has 18 heavy (non-hydrogen) atoms. The summed E-state index contributed by atoms with van der Waals surface area (Å²) in [7, 11) is 0. The quantitative estimate of drug-likeness (QED) is 0.690. The van der Waals surface area contributed by atoms with Crippen LogP contribution in [-0.2, 0) is 9.59 Å². The van der Waals surface area contributed by atoms with Gasteiger partial charge in [-0.15, -0.1) is 11.8 Å². The first kappa shape index (κ1) is 12.3. The molecule has 0 unspecified atom stereocenters. The van der Waals surface area contributed by atoms with Gasteiger partial charge in [0.05, 0.1) is 5.97 Å². The molecule has 4 aliphatic carbocycles. The fourth-order valence-electron chi connectivity index (χ4n) is 4.80. The van der Waals surface area contributed by atoms with Gasteiger partial charge in [-0.05, 0) is 50.4 Å². The van der Waals surface area contributed by atoms with Crippen LogP contribution in [0.4, 0.5) is 0 Å². The van der Waals surface area contributed by atoms with Crippen LogP contribution < -0.4 is 10.2 Å². The molecule has 0 heterocycles. The molecule has 0 radical (unpaired) electrons. The van der Waals surface area contributed by atoms with Crippen LogP contribution in [0.25, 0.3) is 0 Å². The van der Waals surface area contributed by atoms with Crippen LogP contribution in [-0.4, -0.2) is 22.4 Å². The van der Waals surface area contributed by atoms with Gasteiger partial charge in [0.1, 0.15) is 0 Å². The highest BCUT2D eigenvalue weighted by molar-refractivity contribution is 8.01. The van der Waals surface area contributed by atoms with Crippen molar-refractivity contribution < 1.29 is 19.8 Å². The maximum absolute atomic E-state index is 11.5. The molecule has 100 valence electrons. The van der Waals surface area contributed by atoms with Gasteiger partial charge in [-0.1, -0.05) is 0 Å². The van der Waals surface area contributed by atoms with Gasteiger partial charge in [0.15, 0.2) is 0 Å². The number of aliphatic carboxylic acids is 2. The zero-order valence-corrected chi connectivity index (χ0v) is 11.0. The van der Waals surface area contributed by atoms with Crippen LogP contribution in [0.5, 0.6) is 0 Å². The Bertz CT molecular complexity index is 392. The molecule has 0 aromatic rings. The summed E-state index contributed by atoms with van der Waals surface area (Å²) in [6.45, 7) is 0. The van der Waals surface area contributed by atoms with Gasteiger partial charge in [0.25, 0.3) is 0 Å². The van der Waals surface area contributed by atoms with Crippen LogP contribution >= 0.6 is 11.8 Å². The number of carbonyl (C=O) groups excluding carboxylic acids is 2. The Morgan fingerprint density at radius 3 is 2.22 bits per heavy atom. The van der Waals surface area contributed by atoms with Crippen molar-refractivity contribution in [1.82, 2.24) is 0 Å². The first-order valence-electron chi connectivity index (χ1n) is 6.48. The summed E-state index contributed by atoms with van der Waals surface area (Å²) >= 11 is 1.40. The van der Waals surface area contributed by atoms with E-state index < -0.39 is 17.4 Å². The highest BCUT2D eigenvalue weighted by Gasteiger charge is 2.58. The molecule has 2 atom stereocenters. The van der Waals surface area contributed by atoms with Gasteiger partial charge in [0, 0.05) is 21.9 Å². The minimum absolute atomic E-state index is 0.0252. The molecule has 5 heteroatoms. The minimum Gasteiger partial charge on any atom is -0.550 e. The van der Waals surface area contributed by atoms with E-state index in [1.807, 2.05) is 0 Å². The van der Waals surface area contributed by atoms with E-state index >= 15 is 0 Å². The van der Waals surface area contributed by atoms with Gasteiger partial charge in [0.2, 0.25) is 0 Å². The van der Waals surface area contributed by atoms with E-state index in [1.165, 1.54) is 11.8 Å². The molecular formula is C13H16O4S-2. The molecule has 0 N–H and O–H groups in total. The van der Waals surface area contributed by atoms with Crippen molar-refractivity contribution in [3.63, 3.8) is 0 Å². The van der Waals surface area contributed by atoms with E-state index in [9.17, 15) is 19.8 Å². The lowest BCUT2D eigenvalue weighted by Gasteiger charge is -2.62. The summed E-state index contributed by atoms with van der Waals surface area (Å²) in [6, 6.07) is 0. The predicted molar refractivity (Wildman–Crippen MR) is 62.3 cm³/mol. The monoisotopic (exact) mass is 268 g/mol. The molecule has 0 saturated heterocycles. The zero-order chi connectivity index (χ0) is 13.0. The van der Waals surface area contributed by atoms with Gasteiger partial charge >= 0.3 is 0 Å². The Labute approximate surface area is 110 Å². The smallest absolute Gasteiger partial charge is 0.0513 e. The molecule has 4 saturated carbocycles. The average Bonchev–Trinajstić information content (AvgIpc) is 2.24. The van der Waals surface area contributed by atoms with Crippen LogP contribution in [0, 0.1) is 17.3 Å². The summed E-state index contributed by atoms with van der Waals surface area (Å²) in [5.41, 5.74) is -0.678. The van der Waals surface area contributed by atoms with Gasteiger partial charge in [-0.25, -0.2) is 0 Å². The maximum atomic E-state index is 11.5. The highest BCUT2D eigenvalue weighted by atomic mass is 32.2. The molecule has 0 spiro atoms. The van der Waals surface area contributed by atoms with Gasteiger partial charge in [-0.3, -0.25) is 0 Å². The lowest BCUT2D eigenvalue weighted by atomic mass is 9.49. The number of carboxylic acid groups (broad SMARTS) is 2. The van der Waals surface area contributed by atoms with Crippen LogP contribution in [0.1, 0.15) is 38.5 Å². The second kappa shape index (κ2) is 3.89. The van der Waals surface area contributed by atoms with Crippen LogP contribution in [0.3, 0.4) is 0 Å². The van der Waals surface area contributed by atoms with Crippen molar-refractivity contribution in [2.45, 2.75) is 43.3 Å². The third-order valence-corrected chi connectivity index (χ3v) is 6.41. The third kappa shape index (κ3) is 1.83. The number of carboxylic acids is 2. The molecular weight excluding hydrogens is 252 g/mol. The summed E-state index contributed by atoms with van der Waals surface area (Å²) < 4.78 is -0.149. The van der Waals surface area contributed by atoms with Crippen molar-refractivity contribution in [1.29, 1.82) is 0 Å². The number of rotatable bonds is 4. The van der Waals surface area contributed by atoms with Crippen molar-refractivity contribution in [3.05, 3.63) is 0 Å². The van der Waals surface area contributed by atoms with E-state index in [4.69, 9.17) is 0 Å². The second-order valence-corrected chi connectivity index (χ2v) is 7.82. The fraction of sp³-hybridized carbons (Fsp3) is 0.846. The summed E-state index contributed by atoms with van der Waals surface area (Å²) in [5, 5.41) is 22.1. The Morgan fingerprint density at radius 2 is 1.72 bits per heavy atom. The van der Waals surface area contributed by atoms with Crippen molar-refractivity contribution >= 4 is 23.7 Å². The van der Waals surface area contributed by atoms with E-state index in [-0.39, 0.29) is 10.5 Å². The number of carbonyl (C=O) groups is 2. The van der Waals surface area contributed by atoms with Crippen LogP contribution in [0.2, 0.25) is 0 Å². The SMILES string of the molecule is O=C([O-])CSC12C[C@@H]3C[C@@H](C1)CC(C(=O)[O-])(C3)C2. The van der Waals surface area contributed by atoms with Crippen molar-refractivity contribution in [2.24, 2.45) is 17.3 Å². The topological polar surface area (TPSA) is 80.3 Å². The van der Waals surface area contributed by atoms with E-state index in [0.717, 1.165) is 32.1 Å². The fourth-order valence-corrected chi connectivity index (χ4v) is 6.31. The standard InChI is InChI=1S/C13H18O4S/c14-10(15)6-18-13-4-8-1-9(5-13)3-12(2-8,7-13)11(16)17/h8-9H,1-7H2,(H,14,15)(H,16,17)/p-2/t8-,9-,12?,13?/m1/s1. The number of hydrogen-bond donors (Lipinski definition) is 0. The van der Waals surface area contributed by atoms with Crippen molar-refractivity contribution in [3.8, 4) is 0 Å². The van der Waals surface area contributed by atoms with Gasteiger partial charge < -0.3 is 19.8 Å². The number of hydrogen-bond acceptors (Lipinski definition) is 5. The summed E-state index contributed by atoms with van der Waals surface area (Å²) in [5.74, 6) is -1.12. The Hall–Kier alpha value is -0.710. The molecule has 0 aromatic carbocycles. The molecule has 4 rings (SSSR count).